The van der Waals surface area contributed by atoms with Gasteiger partial charge in [0.15, 0.2) is 0 Å². The second-order valence-corrected chi connectivity index (χ2v) is 6.05. The second-order valence-electron chi connectivity index (χ2n) is 5.20. The smallest absolute Gasteiger partial charge is 0.349 e. The summed E-state index contributed by atoms with van der Waals surface area (Å²) in [7, 11) is 0. The summed E-state index contributed by atoms with van der Waals surface area (Å²) >= 11 is 3.32. The Hall–Kier alpha value is -2.93. The minimum Gasteiger partial charge on any atom is -0.422 e. The quantitative estimate of drug-likeness (QED) is 0.658. The van der Waals surface area contributed by atoms with E-state index in [1.165, 1.54) is 6.07 Å². The van der Waals surface area contributed by atoms with Crippen LogP contribution in [-0.2, 0) is 4.79 Å². The number of carbonyl (C=O) groups excluding carboxylic acids is 2. The summed E-state index contributed by atoms with van der Waals surface area (Å²) in [5, 5.41) is 5.71. The number of nitrogens with one attached hydrogen (secondary N) is 2. The molecule has 0 spiro atoms. The van der Waals surface area contributed by atoms with Gasteiger partial charge in [-0.25, -0.2) is 4.79 Å². The van der Waals surface area contributed by atoms with Crippen LogP contribution in [0.1, 0.15) is 10.4 Å². The summed E-state index contributed by atoms with van der Waals surface area (Å²) in [6.45, 7) is -0.271. The maximum absolute atomic E-state index is 12.2. The first-order valence-corrected chi connectivity index (χ1v) is 8.19. The van der Waals surface area contributed by atoms with Gasteiger partial charge in [0.2, 0.25) is 5.91 Å². The summed E-state index contributed by atoms with van der Waals surface area (Å²) in [6, 6.07) is 15.4. The molecule has 0 unspecified atom stereocenters. The molecule has 2 N–H and O–H groups in total. The molecule has 0 saturated heterocycles. The molecule has 0 aliphatic heterocycles. The summed E-state index contributed by atoms with van der Waals surface area (Å²) in [5.41, 5.74) is 0.0949. The van der Waals surface area contributed by atoms with Gasteiger partial charge in [0.25, 0.3) is 5.91 Å². The van der Waals surface area contributed by atoms with Crippen LogP contribution in [0.25, 0.3) is 11.0 Å². The van der Waals surface area contributed by atoms with Crippen LogP contribution in [0.5, 0.6) is 0 Å². The Balaban J connectivity index is 1.68. The lowest BCUT2D eigenvalue weighted by Crippen LogP contribution is -2.35. The molecule has 126 valence electrons. The van der Waals surface area contributed by atoms with Crippen LogP contribution < -0.4 is 16.3 Å². The molecular formula is C18H13BrN2O4. The van der Waals surface area contributed by atoms with Gasteiger partial charge in [-0.1, -0.05) is 30.3 Å². The molecule has 2 amide bonds. The van der Waals surface area contributed by atoms with E-state index in [0.29, 0.717) is 16.7 Å². The Morgan fingerprint density at radius 2 is 1.76 bits per heavy atom. The SMILES string of the molecule is O=C(CNC(=O)c1cc2ccccc2oc1=O)Nc1ccccc1Br. The molecule has 7 heteroatoms. The molecule has 3 rings (SSSR count). The minimum absolute atomic E-state index is 0.146. The van der Waals surface area contributed by atoms with Crippen LogP contribution in [0.4, 0.5) is 5.69 Å². The Kier molecular flexibility index (Phi) is 4.95. The Labute approximate surface area is 151 Å². The van der Waals surface area contributed by atoms with Crippen molar-refractivity contribution in [3.8, 4) is 0 Å². The third-order valence-corrected chi connectivity index (χ3v) is 4.13. The van der Waals surface area contributed by atoms with Gasteiger partial charge in [-0.2, -0.15) is 0 Å². The van der Waals surface area contributed by atoms with E-state index in [4.69, 9.17) is 4.42 Å². The van der Waals surface area contributed by atoms with Gasteiger partial charge in [-0.15, -0.1) is 0 Å². The zero-order chi connectivity index (χ0) is 17.8. The number of para-hydroxylation sites is 2. The van der Waals surface area contributed by atoms with Gasteiger partial charge >= 0.3 is 5.63 Å². The van der Waals surface area contributed by atoms with Gasteiger partial charge in [0, 0.05) is 9.86 Å². The van der Waals surface area contributed by atoms with Crippen LogP contribution >= 0.6 is 15.9 Å². The summed E-state index contributed by atoms with van der Waals surface area (Å²) in [4.78, 5) is 36.0. The Morgan fingerprint density at radius 3 is 2.56 bits per heavy atom. The molecule has 0 saturated carbocycles. The molecule has 0 aliphatic carbocycles. The number of carbonyl (C=O) groups is 2. The standard InChI is InChI=1S/C18H13BrN2O4/c19-13-6-2-3-7-14(13)21-16(22)10-20-17(23)12-9-11-5-1-4-8-15(11)25-18(12)24/h1-9H,10H2,(H,20,23)(H,21,22). The van der Waals surface area contributed by atoms with Gasteiger partial charge in [0.05, 0.1) is 12.2 Å². The largest absolute Gasteiger partial charge is 0.422 e. The van der Waals surface area contributed by atoms with E-state index >= 15 is 0 Å². The predicted octanol–water partition coefficient (Wildman–Crippen LogP) is 2.92. The highest BCUT2D eigenvalue weighted by Crippen LogP contribution is 2.20. The second kappa shape index (κ2) is 7.31. The van der Waals surface area contributed by atoms with E-state index in [2.05, 4.69) is 26.6 Å². The van der Waals surface area contributed by atoms with Crippen molar-refractivity contribution in [1.82, 2.24) is 5.32 Å². The summed E-state index contributed by atoms with van der Waals surface area (Å²) < 4.78 is 5.84. The van der Waals surface area contributed by atoms with Crippen LogP contribution in [0, 0.1) is 0 Å². The third kappa shape index (κ3) is 3.95. The van der Waals surface area contributed by atoms with Gasteiger partial charge < -0.3 is 15.1 Å². The molecule has 25 heavy (non-hydrogen) atoms. The van der Waals surface area contributed by atoms with E-state index in [1.54, 1.807) is 42.5 Å². The summed E-state index contributed by atoms with van der Waals surface area (Å²) in [5.74, 6) is -1.08. The van der Waals surface area contributed by atoms with Crippen LogP contribution in [0.2, 0.25) is 0 Å². The lowest BCUT2D eigenvalue weighted by molar-refractivity contribution is -0.115. The van der Waals surface area contributed by atoms with E-state index in [-0.39, 0.29) is 12.1 Å². The first kappa shape index (κ1) is 16.9. The van der Waals surface area contributed by atoms with Crippen LogP contribution in [-0.4, -0.2) is 18.4 Å². The first-order chi connectivity index (χ1) is 12.0. The number of hydrogen-bond acceptors (Lipinski definition) is 4. The molecule has 0 aliphatic rings. The number of hydrogen-bond donors (Lipinski definition) is 2. The number of anilines is 1. The lowest BCUT2D eigenvalue weighted by Gasteiger charge is -2.08. The van der Waals surface area contributed by atoms with Gasteiger partial charge in [-0.3, -0.25) is 9.59 Å². The number of amides is 2. The highest BCUT2D eigenvalue weighted by molar-refractivity contribution is 9.10. The molecule has 6 nitrogen and oxygen atoms in total. The van der Waals surface area contributed by atoms with E-state index in [9.17, 15) is 14.4 Å². The third-order valence-electron chi connectivity index (χ3n) is 3.44. The molecule has 0 bridgehead atoms. The van der Waals surface area contributed by atoms with Crippen molar-refractivity contribution in [2.24, 2.45) is 0 Å². The lowest BCUT2D eigenvalue weighted by atomic mass is 10.2. The first-order valence-electron chi connectivity index (χ1n) is 7.40. The normalized spacial score (nSPS) is 10.4. The topological polar surface area (TPSA) is 88.4 Å². The maximum Gasteiger partial charge on any atom is 0.349 e. The molecule has 1 aromatic heterocycles. The van der Waals surface area contributed by atoms with Crippen molar-refractivity contribution < 1.29 is 14.0 Å². The van der Waals surface area contributed by atoms with E-state index < -0.39 is 17.4 Å². The Morgan fingerprint density at radius 1 is 1.04 bits per heavy atom. The van der Waals surface area contributed by atoms with Crippen molar-refractivity contribution in [3.05, 3.63) is 75.1 Å². The van der Waals surface area contributed by atoms with E-state index in [1.807, 2.05) is 6.07 Å². The highest BCUT2D eigenvalue weighted by Gasteiger charge is 2.15. The highest BCUT2D eigenvalue weighted by atomic mass is 79.9. The molecule has 2 aromatic carbocycles. The zero-order valence-corrected chi connectivity index (χ0v) is 14.5. The zero-order valence-electron chi connectivity index (χ0n) is 12.9. The molecule has 0 radical (unpaired) electrons. The Bertz CT molecular complexity index is 1010. The van der Waals surface area contributed by atoms with Crippen molar-refractivity contribution in [3.63, 3.8) is 0 Å². The minimum atomic E-state index is -0.748. The van der Waals surface area contributed by atoms with Crippen LogP contribution in [0.3, 0.4) is 0 Å². The number of fused-ring (bicyclic) bond motifs is 1. The fraction of sp³-hybridized carbons (Fsp3) is 0.0556. The predicted molar refractivity (Wildman–Crippen MR) is 97.6 cm³/mol. The average Bonchev–Trinajstić information content (AvgIpc) is 2.61. The molecule has 0 fully saturated rings. The van der Waals surface area contributed by atoms with E-state index in [0.717, 1.165) is 4.47 Å². The molecule has 3 aromatic rings. The van der Waals surface area contributed by atoms with Crippen molar-refractivity contribution >= 4 is 44.4 Å². The van der Waals surface area contributed by atoms with Gasteiger partial charge in [-0.05, 0) is 40.2 Å². The summed E-state index contributed by atoms with van der Waals surface area (Å²) in [6.07, 6.45) is 0. The monoisotopic (exact) mass is 400 g/mol. The molecular weight excluding hydrogens is 388 g/mol. The average molecular weight is 401 g/mol. The van der Waals surface area contributed by atoms with Crippen molar-refractivity contribution in [2.75, 3.05) is 11.9 Å². The van der Waals surface area contributed by atoms with Crippen LogP contribution in [0.15, 0.2) is 68.3 Å². The maximum atomic E-state index is 12.2. The van der Waals surface area contributed by atoms with Crippen molar-refractivity contribution in [1.29, 1.82) is 0 Å². The number of rotatable bonds is 4. The fourth-order valence-corrected chi connectivity index (χ4v) is 2.62. The van der Waals surface area contributed by atoms with Gasteiger partial charge in [0.1, 0.15) is 11.1 Å². The number of benzene rings is 2. The molecule has 0 atom stereocenters. The fourth-order valence-electron chi connectivity index (χ4n) is 2.23. The van der Waals surface area contributed by atoms with Crippen molar-refractivity contribution in [2.45, 2.75) is 0 Å². The molecule has 1 heterocycles. The number of halogens is 1.